The summed E-state index contributed by atoms with van der Waals surface area (Å²) in [5.41, 5.74) is 0. The van der Waals surface area contributed by atoms with Gasteiger partial charge in [0.2, 0.25) is 5.91 Å². The van der Waals surface area contributed by atoms with Gasteiger partial charge in [0.25, 0.3) is 0 Å². The predicted molar refractivity (Wildman–Crippen MR) is 199 cm³/mol. The Morgan fingerprint density at radius 3 is 1.72 bits per heavy atom. The number of rotatable bonds is 32. The predicted octanol–water partition coefficient (Wildman–Crippen LogP) is 6.13. The van der Waals surface area contributed by atoms with E-state index in [1.165, 1.54) is 70.6 Å². The molecule has 1 amide bonds. The van der Waals surface area contributed by atoms with Crippen molar-refractivity contribution in [1.82, 2.24) is 5.32 Å². The van der Waals surface area contributed by atoms with Gasteiger partial charge < -0.3 is 45.4 Å². The van der Waals surface area contributed by atoms with Crippen LogP contribution in [0.3, 0.4) is 0 Å². The first-order valence-corrected chi connectivity index (χ1v) is 20.1. The summed E-state index contributed by atoms with van der Waals surface area (Å²) in [6, 6.07) is -0.944. The third kappa shape index (κ3) is 21.9. The highest BCUT2D eigenvalue weighted by atomic mass is 16.7. The number of aliphatic hydroxyl groups excluding tert-OH is 6. The zero-order valence-corrected chi connectivity index (χ0v) is 31.5. The molecule has 1 aliphatic heterocycles. The molecule has 294 valence electrons. The Labute approximate surface area is 303 Å². The molecule has 1 saturated heterocycles. The minimum atomic E-state index is -1.61. The summed E-state index contributed by atoms with van der Waals surface area (Å²) in [5.74, 6) is -0.613. The zero-order valence-electron chi connectivity index (χ0n) is 31.5. The van der Waals surface area contributed by atoms with Crippen molar-refractivity contribution in [2.24, 2.45) is 0 Å². The second-order valence-electron chi connectivity index (χ2n) is 14.2. The molecule has 0 unspecified atom stereocenters. The molecule has 8 atom stereocenters. The molecule has 0 aromatic heterocycles. The number of hydrogen-bond donors (Lipinski definition) is 7. The van der Waals surface area contributed by atoms with Crippen LogP contribution in [0.5, 0.6) is 0 Å². The van der Waals surface area contributed by atoms with E-state index < -0.39 is 61.5 Å². The number of carbonyl (C=O) groups excluding carboxylic acids is 1. The Balaban J connectivity index is 2.52. The van der Waals surface area contributed by atoms with Gasteiger partial charge in [-0.1, -0.05) is 134 Å². The van der Waals surface area contributed by atoms with Crippen LogP contribution in [-0.2, 0) is 14.3 Å². The van der Waals surface area contributed by atoms with Crippen LogP contribution in [0, 0.1) is 0 Å². The van der Waals surface area contributed by atoms with Gasteiger partial charge in [0, 0.05) is 0 Å². The number of unbranched alkanes of at least 4 members (excludes halogenated alkanes) is 18. The minimum Gasteiger partial charge on any atom is -0.394 e. The molecule has 1 fully saturated rings. The van der Waals surface area contributed by atoms with Gasteiger partial charge in [-0.15, -0.1) is 0 Å². The molecule has 0 aliphatic carbocycles. The molecule has 10 nitrogen and oxygen atoms in total. The van der Waals surface area contributed by atoms with Crippen molar-refractivity contribution in [3.8, 4) is 0 Å². The van der Waals surface area contributed by atoms with Crippen LogP contribution in [0.25, 0.3) is 0 Å². The molecular weight excluding hydrogens is 638 g/mol. The van der Waals surface area contributed by atoms with E-state index in [0.717, 1.165) is 64.2 Å². The fraction of sp³-hybridized carbons (Fsp3) is 0.875. The summed E-state index contributed by atoms with van der Waals surface area (Å²) in [6.07, 6.45) is 23.9. The first kappa shape index (κ1) is 46.7. The summed E-state index contributed by atoms with van der Waals surface area (Å²) in [7, 11) is 0. The molecule has 0 aromatic carbocycles. The number of carbonyl (C=O) groups is 1. The Morgan fingerprint density at radius 1 is 0.680 bits per heavy atom. The summed E-state index contributed by atoms with van der Waals surface area (Å²) in [5, 5.41) is 64.4. The maximum atomic E-state index is 13.0. The lowest BCUT2D eigenvalue weighted by molar-refractivity contribution is -0.302. The first-order valence-electron chi connectivity index (χ1n) is 20.1. The maximum absolute atomic E-state index is 13.0. The zero-order chi connectivity index (χ0) is 36.8. The average molecular weight is 714 g/mol. The van der Waals surface area contributed by atoms with E-state index in [0.29, 0.717) is 6.42 Å². The molecule has 0 aromatic rings. The molecule has 0 bridgehead atoms. The van der Waals surface area contributed by atoms with Crippen molar-refractivity contribution < 1.29 is 44.9 Å². The smallest absolute Gasteiger partial charge is 0.249 e. The fourth-order valence-electron chi connectivity index (χ4n) is 6.21. The molecule has 1 heterocycles. The maximum Gasteiger partial charge on any atom is 0.249 e. The topological polar surface area (TPSA) is 169 Å². The van der Waals surface area contributed by atoms with Gasteiger partial charge in [-0.2, -0.15) is 0 Å². The highest BCUT2D eigenvalue weighted by molar-refractivity contribution is 5.80. The summed E-state index contributed by atoms with van der Waals surface area (Å²) >= 11 is 0. The number of allylic oxidation sites excluding steroid dienone is 3. The first-order chi connectivity index (χ1) is 24.3. The van der Waals surface area contributed by atoms with Gasteiger partial charge in [0.1, 0.15) is 30.5 Å². The van der Waals surface area contributed by atoms with Crippen LogP contribution in [0.15, 0.2) is 24.3 Å². The van der Waals surface area contributed by atoms with Crippen LogP contribution >= 0.6 is 0 Å². The van der Waals surface area contributed by atoms with E-state index in [-0.39, 0.29) is 13.0 Å². The third-order valence-corrected chi connectivity index (χ3v) is 9.64. The summed E-state index contributed by atoms with van der Waals surface area (Å²) in [4.78, 5) is 13.0. The van der Waals surface area contributed by atoms with Crippen LogP contribution < -0.4 is 5.32 Å². The summed E-state index contributed by atoms with van der Waals surface area (Å²) < 4.78 is 11.1. The molecule has 1 rings (SSSR count). The Morgan fingerprint density at radius 2 is 1.16 bits per heavy atom. The van der Waals surface area contributed by atoms with E-state index in [9.17, 15) is 35.4 Å². The average Bonchev–Trinajstić information content (AvgIpc) is 3.11. The third-order valence-electron chi connectivity index (χ3n) is 9.64. The van der Waals surface area contributed by atoms with E-state index in [4.69, 9.17) is 9.47 Å². The van der Waals surface area contributed by atoms with Crippen molar-refractivity contribution in [3.05, 3.63) is 24.3 Å². The molecule has 7 N–H and O–H groups in total. The molecule has 50 heavy (non-hydrogen) atoms. The lowest BCUT2D eigenvalue weighted by Crippen LogP contribution is -2.60. The lowest BCUT2D eigenvalue weighted by atomic mass is 9.99. The van der Waals surface area contributed by atoms with Crippen molar-refractivity contribution in [2.45, 2.75) is 210 Å². The number of hydrogen-bond acceptors (Lipinski definition) is 9. The van der Waals surface area contributed by atoms with E-state index in [2.05, 4.69) is 31.3 Å². The highest BCUT2D eigenvalue weighted by Gasteiger charge is 2.44. The molecule has 0 saturated carbocycles. The van der Waals surface area contributed by atoms with E-state index in [1.54, 1.807) is 0 Å². The SMILES string of the molecule is CCCCC/C=C/CCCCC/C=C/C[C@@H](O)[C@H](CO[C@@H]1O[C@H](CO)[C@@H](O)[C@H](O)[C@H]1O)NC(=O)[C@H](O)CCCCCCCCCCCCCC. The largest absolute Gasteiger partial charge is 0.394 e. The Hall–Kier alpha value is -1.37. The second-order valence-corrected chi connectivity index (χ2v) is 14.2. The van der Waals surface area contributed by atoms with Gasteiger partial charge in [-0.05, 0) is 51.4 Å². The molecule has 10 heteroatoms. The number of ether oxygens (including phenoxy) is 2. The number of amides is 1. The standard InChI is InChI=1S/C40H75NO9/c1-3-5-7-9-11-13-15-17-19-20-22-24-26-28-33(43)32(31-49-40-38(47)37(46)36(45)35(30-42)50-40)41-39(48)34(44)29-27-25-23-21-18-16-14-12-10-8-6-4-2/h11,13,24,26,32-38,40,42-47H,3-10,12,14-23,25,27-31H2,1-2H3,(H,41,48)/b13-11+,26-24+/t32-,33+,34+,35+,36+,37-,38+,40+/m0/s1. The Bertz CT molecular complexity index is 855. The quantitative estimate of drug-likeness (QED) is 0.0320. The van der Waals surface area contributed by atoms with Gasteiger partial charge in [-0.25, -0.2) is 0 Å². The highest BCUT2D eigenvalue weighted by Crippen LogP contribution is 2.22. The molecule has 0 spiro atoms. The van der Waals surface area contributed by atoms with Crippen molar-refractivity contribution in [3.63, 3.8) is 0 Å². The van der Waals surface area contributed by atoms with E-state index in [1.807, 2.05) is 12.2 Å². The van der Waals surface area contributed by atoms with Crippen LogP contribution in [-0.4, -0.2) is 98.7 Å². The number of nitrogens with one attached hydrogen (secondary N) is 1. The van der Waals surface area contributed by atoms with Crippen LogP contribution in [0.1, 0.15) is 162 Å². The second kappa shape index (κ2) is 31.2. The lowest BCUT2D eigenvalue weighted by Gasteiger charge is -2.40. The number of aliphatic hydroxyl groups is 6. The van der Waals surface area contributed by atoms with Crippen molar-refractivity contribution in [1.29, 1.82) is 0 Å². The van der Waals surface area contributed by atoms with Crippen LogP contribution in [0.4, 0.5) is 0 Å². The Kier molecular flexibility index (Phi) is 29.1. The van der Waals surface area contributed by atoms with Gasteiger partial charge in [-0.3, -0.25) is 4.79 Å². The van der Waals surface area contributed by atoms with Crippen molar-refractivity contribution in [2.75, 3.05) is 13.2 Å². The fourth-order valence-corrected chi connectivity index (χ4v) is 6.21. The van der Waals surface area contributed by atoms with Gasteiger partial charge >= 0.3 is 0 Å². The van der Waals surface area contributed by atoms with Gasteiger partial charge in [0.05, 0.1) is 25.4 Å². The van der Waals surface area contributed by atoms with Crippen molar-refractivity contribution >= 4 is 5.91 Å². The van der Waals surface area contributed by atoms with E-state index >= 15 is 0 Å². The monoisotopic (exact) mass is 714 g/mol. The molecular formula is C40H75NO9. The summed E-state index contributed by atoms with van der Waals surface area (Å²) in [6.45, 7) is 3.56. The normalized spacial score (nSPS) is 23.1. The minimum absolute atomic E-state index is 0.234. The van der Waals surface area contributed by atoms with Gasteiger partial charge in [0.15, 0.2) is 6.29 Å². The van der Waals surface area contributed by atoms with Crippen LogP contribution in [0.2, 0.25) is 0 Å². The molecule has 1 aliphatic rings. The molecule has 0 radical (unpaired) electrons.